The Hall–Kier alpha value is -2.21. The number of amides is 1. The Morgan fingerprint density at radius 3 is 2.72 bits per heavy atom. The molecular weight excluding hydrogens is 316 g/mol. The topological polar surface area (TPSA) is 62.5 Å². The number of carbonyl (C=O) groups excluding carboxylic acids is 1. The molecule has 2 aromatic rings. The molecule has 2 atom stereocenters. The van der Waals surface area contributed by atoms with Crippen molar-refractivity contribution < 1.29 is 9.32 Å². The van der Waals surface area contributed by atoms with Gasteiger partial charge in [-0.05, 0) is 44.4 Å². The minimum Gasteiger partial charge on any atom is -0.338 e. The van der Waals surface area contributed by atoms with E-state index >= 15 is 0 Å². The third-order valence-electron chi connectivity index (χ3n) is 5.40. The molecule has 0 radical (unpaired) electrons. The van der Waals surface area contributed by atoms with Gasteiger partial charge in [0, 0.05) is 31.1 Å². The molecule has 2 aliphatic rings. The predicted octanol–water partition coefficient (Wildman–Crippen LogP) is 2.71. The fourth-order valence-corrected chi connectivity index (χ4v) is 4.27. The molecular formula is C19H24N4O2. The molecule has 2 unspecified atom stereocenters. The molecule has 1 aromatic heterocycles. The van der Waals surface area contributed by atoms with Crippen molar-refractivity contribution >= 4 is 5.91 Å². The van der Waals surface area contributed by atoms with E-state index in [-0.39, 0.29) is 5.91 Å². The van der Waals surface area contributed by atoms with Gasteiger partial charge in [-0.3, -0.25) is 9.69 Å². The quantitative estimate of drug-likeness (QED) is 0.856. The van der Waals surface area contributed by atoms with Gasteiger partial charge in [-0.25, -0.2) is 0 Å². The second-order valence-electron chi connectivity index (χ2n) is 6.98. The van der Waals surface area contributed by atoms with E-state index in [1.807, 2.05) is 30.3 Å². The molecule has 0 N–H and O–H groups in total. The van der Waals surface area contributed by atoms with Crippen molar-refractivity contribution in [3.63, 3.8) is 0 Å². The number of hydrogen-bond donors (Lipinski definition) is 0. The van der Waals surface area contributed by atoms with Crippen molar-refractivity contribution in [1.29, 1.82) is 0 Å². The van der Waals surface area contributed by atoms with Crippen molar-refractivity contribution in [2.75, 3.05) is 13.1 Å². The normalized spacial score (nSPS) is 24.1. The molecule has 4 rings (SSSR count). The molecule has 1 amide bonds. The van der Waals surface area contributed by atoms with Gasteiger partial charge in [-0.1, -0.05) is 23.4 Å². The second-order valence-corrected chi connectivity index (χ2v) is 6.98. The fourth-order valence-electron chi connectivity index (χ4n) is 4.27. The SMILES string of the molecule is CC(=O)N1CCCC1C1CCCN1Cc1noc(-c2ccccc2)n1. The maximum atomic E-state index is 11.9. The van der Waals surface area contributed by atoms with Gasteiger partial charge in [0.15, 0.2) is 5.82 Å². The van der Waals surface area contributed by atoms with E-state index in [0.717, 1.165) is 50.2 Å². The summed E-state index contributed by atoms with van der Waals surface area (Å²) >= 11 is 0. The molecule has 2 saturated heterocycles. The Bertz CT molecular complexity index is 730. The molecule has 1 aromatic carbocycles. The summed E-state index contributed by atoms with van der Waals surface area (Å²) in [5, 5.41) is 4.16. The van der Waals surface area contributed by atoms with Crippen LogP contribution in [0.3, 0.4) is 0 Å². The molecule has 0 saturated carbocycles. The number of aromatic nitrogens is 2. The lowest BCUT2D eigenvalue weighted by molar-refractivity contribution is -0.130. The second kappa shape index (κ2) is 6.96. The van der Waals surface area contributed by atoms with Gasteiger partial charge >= 0.3 is 0 Å². The van der Waals surface area contributed by atoms with Crippen LogP contribution in [0.4, 0.5) is 0 Å². The molecule has 25 heavy (non-hydrogen) atoms. The van der Waals surface area contributed by atoms with Crippen molar-refractivity contribution in [3.05, 3.63) is 36.2 Å². The van der Waals surface area contributed by atoms with E-state index in [9.17, 15) is 4.79 Å². The highest BCUT2D eigenvalue weighted by Gasteiger charge is 2.39. The van der Waals surface area contributed by atoms with E-state index in [4.69, 9.17) is 4.52 Å². The third-order valence-corrected chi connectivity index (χ3v) is 5.40. The molecule has 132 valence electrons. The van der Waals surface area contributed by atoms with Crippen molar-refractivity contribution in [2.24, 2.45) is 0 Å². The summed E-state index contributed by atoms with van der Waals surface area (Å²) in [5.41, 5.74) is 0.942. The zero-order chi connectivity index (χ0) is 17.2. The fraction of sp³-hybridized carbons (Fsp3) is 0.526. The van der Waals surface area contributed by atoms with Crippen LogP contribution in [-0.2, 0) is 11.3 Å². The zero-order valence-electron chi connectivity index (χ0n) is 14.6. The zero-order valence-corrected chi connectivity index (χ0v) is 14.6. The van der Waals surface area contributed by atoms with E-state index in [1.54, 1.807) is 6.92 Å². The van der Waals surface area contributed by atoms with Crippen LogP contribution in [0.15, 0.2) is 34.9 Å². The Labute approximate surface area is 147 Å². The summed E-state index contributed by atoms with van der Waals surface area (Å²) in [7, 11) is 0. The number of likely N-dealkylation sites (tertiary alicyclic amines) is 2. The summed E-state index contributed by atoms with van der Waals surface area (Å²) in [5.74, 6) is 1.48. The van der Waals surface area contributed by atoms with Crippen LogP contribution in [0, 0.1) is 0 Å². The highest BCUT2D eigenvalue weighted by molar-refractivity contribution is 5.74. The van der Waals surface area contributed by atoms with Crippen LogP contribution in [0.2, 0.25) is 0 Å². The minimum absolute atomic E-state index is 0.195. The molecule has 0 spiro atoms. The Morgan fingerprint density at radius 2 is 1.92 bits per heavy atom. The molecule has 6 nitrogen and oxygen atoms in total. The van der Waals surface area contributed by atoms with Gasteiger partial charge in [-0.2, -0.15) is 4.98 Å². The molecule has 3 heterocycles. The molecule has 6 heteroatoms. The van der Waals surface area contributed by atoms with E-state index in [2.05, 4.69) is 19.9 Å². The molecule has 0 aliphatic carbocycles. The lowest BCUT2D eigenvalue weighted by Gasteiger charge is -2.34. The average molecular weight is 340 g/mol. The largest absolute Gasteiger partial charge is 0.338 e. The predicted molar refractivity (Wildman–Crippen MR) is 93.6 cm³/mol. The van der Waals surface area contributed by atoms with Crippen LogP contribution in [-0.4, -0.2) is 51.0 Å². The van der Waals surface area contributed by atoms with Gasteiger partial charge in [0.1, 0.15) is 0 Å². The van der Waals surface area contributed by atoms with E-state index in [1.165, 1.54) is 0 Å². The average Bonchev–Trinajstić information content (AvgIpc) is 3.36. The highest BCUT2D eigenvalue weighted by Crippen LogP contribution is 2.31. The monoisotopic (exact) mass is 340 g/mol. The van der Waals surface area contributed by atoms with Crippen LogP contribution < -0.4 is 0 Å². The highest BCUT2D eigenvalue weighted by atomic mass is 16.5. The third kappa shape index (κ3) is 3.31. The molecule has 2 aliphatic heterocycles. The maximum Gasteiger partial charge on any atom is 0.257 e. The number of rotatable bonds is 4. The summed E-state index contributed by atoms with van der Waals surface area (Å²) in [4.78, 5) is 20.9. The van der Waals surface area contributed by atoms with Crippen molar-refractivity contribution in [2.45, 2.75) is 51.2 Å². The van der Waals surface area contributed by atoms with Crippen LogP contribution in [0.25, 0.3) is 11.5 Å². The minimum atomic E-state index is 0.195. The summed E-state index contributed by atoms with van der Waals surface area (Å²) in [6, 6.07) is 10.6. The summed E-state index contributed by atoms with van der Waals surface area (Å²) in [6.07, 6.45) is 4.51. The van der Waals surface area contributed by atoms with Crippen LogP contribution in [0.5, 0.6) is 0 Å². The van der Waals surface area contributed by atoms with E-state index in [0.29, 0.717) is 24.5 Å². The first kappa shape index (κ1) is 16.3. The number of benzene rings is 1. The lowest BCUT2D eigenvalue weighted by Crippen LogP contribution is -2.47. The van der Waals surface area contributed by atoms with Crippen molar-refractivity contribution in [1.82, 2.24) is 19.9 Å². The Balaban J connectivity index is 1.47. The first-order chi connectivity index (χ1) is 12.2. The number of carbonyl (C=O) groups is 1. The molecule has 0 bridgehead atoms. The van der Waals surface area contributed by atoms with E-state index < -0.39 is 0 Å². The first-order valence-corrected chi connectivity index (χ1v) is 9.11. The lowest BCUT2D eigenvalue weighted by atomic mass is 10.0. The Kier molecular flexibility index (Phi) is 4.53. The standard InChI is InChI=1S/C19H24N4O2/c1-14(24)23-12-6-10-17(23)16-9-5-11-22(16)13-18-20-19(25-21-18)15-7-3-2-4-8-15/h2-4,7-8,16-17H,5-6,9-13H2,1H3. The van der Waals surface area contributed by atoms with Crippen LogP contribution >= 0.6 is 0 Å². The maximum absolute atomic E-state index is 11.9. The van der Waals surface area contributed by atoms with Gasteiger partial charge in [0.25, 0.3) is 5.89 Å². The van der Waals surface area contributed by atoms with Crippen LogP contribution in [0.1, 0.15) is 38.4 Å². The van der Waals surface area contributed by atoms with Gasteiger partial charge in [0.05, 0.1) is 6.54 Å². The number of hydrogen-bond acceptors (Lipinski definition) is 5. The van der Waals surface area contributed by atoms with Gasteiger partial charge in [0.2, 0.25) is 5.91 Å². The van der Waals surface area contributed by atoms with Gasteiger partial charge in [-0.15, -0.1) is 0 Å². The molecule has 2 fully saturated rings. The van der Waals surface area contributed by atoms with Gasteiger partial charge < -0.3 is 9.42 Å². The van der Waals surface area contributed by atoms with Crippen molar-refractivity contribution in [3.8, 4) is 11.5 Å². The summed E-state index contributed by atoms with van der Waals surface area (Å²) in [6.45, 7) is 4.29. The number of nitrogens with zero attached hydrogens (tertiary/aromatic N) is 4. The first-order valence-electron chi connectivity index (χ1n) is 9.11. The summed E-state index contributed by atoms with van der Waals surface area (Å²) < 4.78 is 5.43. The smallest absolute Gasteiger partial charge is 0.257 e. The Morgan fingerprint density at radius 1 is 1.16 bits per heavy atom.